The average molecular weight is 402 g/mol. The number of ether oxygens (including phenoxy) is 2. The van der Waals surface area contributed by atoms with Crippen molar-refractivity contribution in [1.82, 2.24) is 5.32 Å². The van der Waals surface area contributed by atoms with Crippen LogP contribution in [0.4, 0.5) is 0 Å². The zero-order valence-electron chi connectivity index (χ0n) is 15.9. The first-order chi connectivity index (χ1) is 13.3. The van der Waals surface area contributed by atoms with E-state index < -0.39 is 27.5 Å². The number of methoxy groups -OCH3 is 2. The van der Waals surface area contributed by atoms with Gasteiger partial charge in [0.25, 0.3) is 0 Å². The van der Waals surface area contributed by atoms with Gasteiger partial charge < -0.3 is 14.8 Å². The van der Waals surface area contributed by atoms with Crippen molar-refractivity contribution in [1.29, 1.82) is 5.26 Å². The number of benzene rings is 2. The monoisotopic (exact) mass is 402 g/mol. The fourth-order valence-electron chi connectivity index (χ4n) is 2.72. The maximum atomic E-state index is 12.3. The van der Waals surface area contributed by atoms with E-state index >= 15 is 0 Å². The molecule has 7 nitrogen and oxygen atoms in total. The number of nitrogens with one attached hydrogen (secondary N) is 1. The molecule has 148 valence electrons. The van der Waals surface area contributed by atoms with Crippen molar-refractivity contribution in [2.45, 2.75) is 18.7 Å². The molecule has 0 aliphatic carbocycles. The molecule has 0 aromatic heterocycles. The quantitative estimate of drug-likeness (QED) is 0.727. The summed E-state index contributed by atoms with van der Waals surface area (Å²) in [4.78, 5) is 12.3. The van der Waals surface area contributed by atoms with Crippen LogP contribution in [-0.4, -0.2) is 34.3 Å². The number of carbonyl (C=O) groups excluding carboxylic acids is 1. The summed E-state index contributed by atoms with van der Waals surface area (Å²) in [6.07, 6.45) is 0. The maximum absolute atomic E-state index is 12.3. The first kappa shape index (κ1) is 21.3. The number of carbonyl (C=O) groups is 1. The molecule has 1 unspecified atom stereocenters. The minimum atomic E-state index is -3.66. The number of amides is 1. The van der Waals surface area contributed by atoms with Gasteiger partial charge in [-0.1, -0.05) is 12.1 Å². The van der Waals surface area contributed by atoms with Crippen LogP contribution in [0.25, 0.3) is 0 Å². The van der Waals surface area contributed by atoms with Crippen molar-refractivity contribution >= 4 is 15.7 Å². The first-order valence-electron chi connectivity index (χ1n) is 8.48. The van der Waals surface area contributed by atoms with Gasteiger partial charge in [-0.3, -0.25) is 4.79 Å². The summed E-state index contributed by atoms with van der Waals surface area (Å²) in [6.45, 7) is 1.74. The van der Waals surface area contributed by atoms with E-state index in [1.54, 1.807) is 49.4 Å². The topological polar surface area (TPSA) is 105 Å². The second-order valence-electron chi connectivity index (χ2n) is 6.24. The number of nitrogens with zero attached hydrogens (tertiary/aromatic N) is 1. The highest BCUT2D eigenvalue weighted by Crippen LogP contribution is 2.29. The molecule has 1 amide bonds. The van der Waals surface area contributed by atoms with Gasteiger partial charge in [-0.25, -0.2) is 8.42 Å². The molecule has 1 N–H and O–H groups in total. The van der Waals surface area contributed by atoms with Gasteiger partial charge in [-0.05, 0) is 42.8 Å². The van der Waals surface area contributed by atoms with Crippen LogP contribution >= 0.6 is 0 Å². The van der Waals surface area contributed by atoms with E-state index in [0.717, 1.165) is 0 Å². The average Bonchev–Trinajstić information content (AvgIpc) is 2.67. The Kier molecular flexibility index (Phi) is 7.01. The first-order valence-corrected chi connectivity index (χ1v) is 10.3. The Labute approximate surface area is 164 Å². The minimum Gasteiger partial charge on any atom is -0.497 e. The van der Waals surface area contributed by atoms with Crippen molar-refractivity contribution in [3.8, 4) is 17.6 Å². The third kappa shape index (κ3) is 5.72. The van der Waals surface area contributed by atoms with Gasteiger partial charge in [-0.15, -0.1) is 0 Å². The molecular formula is C20H22N2O5S. The third-order valence-electron chi connectivity index (χ3n) is 4.10. The smallest absolute Gasteiger partial charge is 0.235 e. The molecule has 0 heterocycles. The van der Waals surface area contributed by atoms with Gasteiger partial charge >= 0.3 is 0 Å². The summed E-state index contributed by atoms with van der Waals surface area (Å²) < 4.78 is 35.2. The fraction of sp³-hybridized carbons (Fsp3) is 0.300. The third-order valence-corrected chi connectivity index (χ3v) is 5.58. The van der Waals surface area contributed by atoms with Gasteiger partial charge in [-0.2, -0.15) is 5.26 Å². The van der Waals surface area contributed by atoms with Crippen LogP contribution < -0.4 is 14.8 Å². The molecule has 0 aliphatic heterocycles. The van der Waals surface area contributed by atoms with Crippen molar-refractivity contribution < 1.29 is 22.7 Å². The summed E-state index contributed by atoms with van der Waals surface area (Å²) in [5, 5.41) is 11.5. The standard InChI is InChI=1S/C20H22N2O5S/c1-14(18-10-17(26-2)8-9-19(18)27-3)22-20(23)13-28(24,25)12-16-6-4-15(11-21)5-7-16/h4-10,14H,12-13H2,1-3H3,(H,22,23). The minimum absolute atomic E-state index is 0.275. The van der Waals surface area contributed by atoms with Crippen LogP contribution in [-0.2, 0) is 20.4 Å². The number of nitriles is 1. The van der Waals surface area contributed by atoms with Crippen LogP contribution in [0.15, 0.2) is 42.5 Å². The number of sulfone groups is 1. The van der Waals surface area contributed by atoms with Crippen molar-refractivity contribution in [3.05, 3.63) is 59.2 Å². The van der Waals surface area contributed by atoms with Gasteiger partial charge in [0, 0.05) is 5.56 Å². The Morgan fingerprint density at radius 3 is 2.39 bits per heavy atom. The Hall–Kier alpha value is -3.05. The number of hydrogen-bond acceptors (Lipinski definition) is 6. The fourth-order valence-corrected chi connectivity index (χ4v) is 4.00. The summed E-state index contributed by atoms with van der Waals surface area (Å²) in [7, 11) is -0.613. The van der Waals surface area contributed by atoms with E-state index in [9.17, 15) is 13.2 Å². The number of rotatable bonds is 8. The predicted octanol–water partition coefficient (Wildman–Crippen LogP) is 2.37. The van der Waals surface area contributed by atoms with E-state index in [1.807, 2.05) is 6.07 Å². The summed E-state index contributed by atoms with van der Waals surface area (Å²) in [5.74, 6) is -0.350. The van der Waals surface area contributed by atoms with Crippen LogP contribution in [0, 0.1) is 11.3 Å². The second-order valence-corrected chi connectivity index (χ2v) is 8.30. The van der Waals surface area contributed by atoms with Crippen LogP contribution in [0.3, 0.4) is 0 Å². The molecule has 1 atom stereocenters. The van der Waals surface area contributed by atoms with E-state index in [4.69, 9.17) is 14.7 Å². The molecule has 2 aromatic rings. The van der Waals surface area contributed by atoms with E-state index in [0.29, 0.717) is 28.2 Å². The predicted molar refractivity (Wildman–Crippen MR) is 105 cm³/mol. The molecule has 0 radical (unpaired) electrons. The van der Waals surface area contributed by atoms with Crippen molar-refractivity contribution in [3.63, 3.8) is 0 Å². The van der Waals surface area contributed by atoms with Crippen LogP contribution in [0.2, 0.25) is 0 Å². The van der Waals surface area contributed by atoms with Crippen LogP contribution in [0.1, 0.15) is 29.7 Å². The largest absolute Gasteiger partial charge is 0.497 e. The van der Waals surface area contributed by atoms with E-state index in [2.05, 4.69) is 5.32 Å². The lowest BCUT2D eigenvalue weighted by molar-refractivity contribution is -0.119. The lowest BCUT2D eigenvalue weighted by Crippen LogP contribution is -2.33. The van der Waals surface area contributed by atoms with Gasteiger partial charge in [0.05, 0.1) is 37.6 Å². The molecule has 2 aromatic carbocycles. The zero-order chi connectivity index (χ0) is 20.7. The second kappa shape index (κ2) is 9.24. The maximum Gasteiger partial charge on any atom is 0.235 e. The Balaban J connectivity index is 2.05. The molecule has 0 saturated carbocycles. The Morgan fingerprint density at radius 2 is 1.82 bits per heavy atom. The molecule has 0 fully saturated rings. The van der Waals surface area contributed by atoms with Gasteiger partial charge in [0.1, 0.15) is 17.3 Å². The molecule has 0 saturated heterocycles. The highest BCUT2D eigenvalue weighted by molar-refractivity contribution is 7.91. The molecular weight excluding hydrogens is 380 g/mol. The Bertz CT molecular complexity index is 979. The molecule has 0 aliphatic rings. The van der Waals surface area contributed by atoms with Gasteiger partial charge in [0.15, 0.2) is 9.84 Å². The summed E-state index contributed by atoms with van der Waals surface area (Å²) in [5.41, 5.74) is 1.65. The highest BCUT2D eigenvalue weighted by atomic mass is 32.2. The van der Waals surface area contributed by atoms with E-state index in [1.165, 1.54) is 14.2 Å². The molecule has 0 bridgehead atoms. The molecule has 28 heavy (non-hydrogen) atoms. The lowest BCUT2D eigenvalue weighted by atomic mass is 10.1. The molecule has 0 spiro atoms. The Morgan fingerprint density at radius 1 is 1.14 bits per heavy atom. The SMILES string of the molecule is COc1ccc(OC)c(C(C)NC(=O)CS(=O)(=O)Cc2ccc(C#N)cc2)c1. The van der Waals surface area contributed by atoms with Crippen molar-refractivity contribution in [2.24, 2.45) is 0 Å². The normalized spacial score (nSPS) is 11.9. The zero-order valence-corrected chi connectivity index (χ0v) is 16.7. The summed E-state index contributed by atoms with van der Waals surface area (Å²) >= 11 is 0. The highest BCUT2D eigenvalue weighted by Gasteiger charge is 2.21. The summed E-state index contributed by atoms with van der Waals surface area (Å²) in [6, 6.07) is 12.9. The number of hydrogen-bond donors (Lipinski definition) is 1. The van der Waals surface area contributed by atoms with Crippen LogP contribution in [0.5, 0.6) is 11.5 Å². The van der Waals surface area contributed by atoms with Gasteiger partial charge in [0.2, 0.25) is 5.91 Å². The molecule has 2 rings (SSSR count). The lowest BCUT2D eigenvalue weighted by Gasteiger charge is -2.18. The van der Waals surface area contributed by atoms with Crippen molar-refractivity contribution in [2.75, 3.05) is 20.0 Å². The van der Waals surface area contributed by atoms with E-state index in [-0.39, 0.29) is 5.75 Å². The molecule has 8 heteroatoms.